The summed E-state index contributed by atoms with van der Waals surface area (Å²) < 4.78 is 1.13. The number of benzene rings is 1. The van der Waals surface area contributed by atoms with Crippen LogP contribution in [0, 0.1) is 0 Å². The molecule has 3 rings (SSSR count). The van der Waals surface area contributed by atoms with Gasteiger partial charge in [0, 0.05) is 34.6 Å². The Labute approximate surface area is 120 Å². The van der Waals surface area contributed by atoms with E-state index in [9.17, 15) is 0 Å². The highest BCUT2D eigenvalue weighted by Crippen LogP contribution is 2.22. The molecule has 0 spiro atoms. The number of thiazole rings is 1. The monoisotopic (exact) mass is 322 g/mol. The van der Waals surface area contributed by atoms with Crippen molar-refractivity contribution in [3.8, 4) is 0 Å². The third kappa shape index (κ3) is 3.40. The summed E-state index contributed by atoms with van der Waals surface area (Å²) in [7, 11) is 0. The van der Waals surface area contributed by atoms with Gasteiger partial charge in [-0.05, 0) is 30.5 Å². The van der Waals surface area contributed by atoms with Crippen LogP contribution in [0.4, 0.5) is 0 Å². The summed E-state index contributed by atoms with van der Waals surface area (Å²) in [5.74, 6) is 0. The van der Waals surface area contributed by atoms with Crippen LogP contribution in [-0.4, -0.2) is 11.0 Å². The van der Waals surface area contributed by atoms with Gasteiger partial charge in [-0.3, -0.25) is 0 Å². The van der Waals surface area contributed by atoms with Gasteiger partial charge in [0.15, 0.2) is 0 Å². The molecule has 0 unspecified atom stereocenters. The molecule has 0 amide bonds. The molecule has 2 nitrogen and oxygen atoms in total. The molecule has 1 fully saturated rings. The van der Waals surface area contributed by atoms with E-state index in [1.54, 1.807) is 0 Å². The molecule has 94 valence electrons. The second-order valence-electron chi connectivity index (χ2n) is 4.68. The smallest absolute Gasteiger partial charge is 0.0972 e. The molecule has 4 heteroatoms. The number of hydrogen-bond acceptors (Lipinski definition) is 3. The summed E-state index contributed by atoms with van der Waals surface area (Å²) >= 11 is 5.32. The van der Waals surface area contributed by atoms with Gasteiger partial charge in [0.05, 0.1) is 5.01 Å². The SMILES string of the molecule is Brc1cccc(Cc2ncc(CNC3CC3)s2)c1. The van der Waals surface area contributed by atoms with Crippen LogP contribution < -0.4 is 5.32 Å². The van der Waals surface area contributed by atoms with Gasteiger partial charge in [0.25, 0.3) is 0 Å². The molecule has 1 aliphatic carbocycles. The Morgan fingerprint density at radius 1 is 1.39 bits per heavy atom. The average Bonchev–Trinajstić information content (AvgIpc) is 3.08. The molecule has 0 saturated heterocycles. The van der Waals surface area contributed by atoms with Gasteiger partial charge in [-0.15, -0.1) is 11.3 Å². The number of nitrogens with zero attached hydrogens (tertiary/aromatic N) is 1. The third-order valence-corrected chi connectivity index (χ3v) is 4.48. The highest BCUT2D eigenvalue weighted by atomic mass is 79.9. The van der Waals surface area contributed by atoms with E-state index in [4.69, 9.17) is 0 Å². The predicted molar refractivity (Wildman–Crippen MR) is 78.9 cm³/mol. The zero-order valence-corrected chi connectivity index (χ0v) is 12.4. The first-order chi connectivity index (χ1) is 8.79. The molecule has 0 aliphatic heterocycles. The molecule has 1 aliphatic rings. The first kappa shape index (κ1) is 12.3. The molecule has 1 N–H and O–H groups in total. The number of aromatic nitrogens is 1. The van der Waals surface area contributed by atoms with E-state index in [-0.39, 0.29) is 0 Å². The lowest BCUT2D eigenvalue weighted by Crippen LogP contribution is -2.14. The van der Waals surface area contributed by atoms with Gasteiger partial charge in [-0.2, -0.15) is 0 Å². The molecular formula is C14H15BrN2S. The fourth-order valence-electron chi connectivity index (χ4n) is 1.87. The van der Waals surface area contributed by atoms with Crippen molar-refractivity contribution in [3.63, 3.8) is 0 Å². The molecule has 1 aromatic carbocycles. The Morgan fingerprint density at radius 3 is 3.06 bits per heavy atom. The van der Waals surface area contributed by atoms with E-state index in [0.29, 0.717) is 0 Å². The first-order valence-electron chi connectivity index (χ1n) is 6.21. The van der Waals surface area contributed by atoms with Crippen molar-refractivity contribution in [1.29, 1.82) is 0 Å². The maximum atomic E-state index is 4.50. The second-order valence-corrected chi connectivity index (χ2v) is 6.80. The molecule has 1 heterocycles. The van der Waals surface area contributed by atoms with Crippen molar-refractivity contribution in [2.24, 2.45) is 0 Å². The topological polar surface area (TPSA) is 24.9 Å². The van der Waals surface area contributed by atoms with E-state index in [0.717, 1.165) is 23.5 Å². The van der Waals surface area contributed by atoms with Gasteiger partial charge in [0.2, 0.25) is 0 Å². The van der Waals surface area contributed by atoms with Crippen LogP contribution in [0.2, 0.25) is 0 Å². The maximum absolute atomic E-state index is 4.50. The van der Waals surface area contributed by atoms with Crippen molar-refractivity contribution < 1.29 is 0 Å². The molecule has 18 heavy (non-hydrogen) atoms. The molecule has 0 bridgehead atoms. The van der Waals surface area contributed by atoms with Gasteiger partial charge in [0.1, 0.15) is 0 Å². The van der Waals surface area contributed by atoms with Crippen LogP contribution >= 0.6 is 27.3 Å². The molecule has 1 saturated carbocycles. The van der Waals surface area contributed by atoms with Crippen LogP contribution in [0.1, 0.15) is 28.3 Å². The van der Waals surface area contributed by atoms with Crippen molar-refractivity contribution >= 4 is 27.3 Å². The lowest BCUT2D eigenvalue weighted by Gasteiger charge is -1.99. The number of hydrogen-bond donors (Lipinski definition) is 1. The zero-order valence-electron chi connectivity index (χ0n) is 10.0. The van der Waals surface area contributed by atoms with Crippen LogP contribution in [0.25, 0.3) is 0 Å². The molecule has 1 aromatic heterocycles. The van der Waals surface area contributed by atoms with Gasteiger partial charge in [-0.1, -0.05) is 28.1 Å². The number of rotatable bonds is 5. The molecular weight excluding hydrogens is 308 g/mol. The summed E-state index contributed by atoms with van der Waals surface area (Å²) in [6.45, 7) is 0.973. The minimum Gasteiger partial charge on any atom is -0.309 e. The Morgan fingerprint density at radius 2 is 2.28 bits per heavy atom. The van der Waals surface area contributed by atoms with Gasteiger partial charge < -0.3 is 5.32 Å². The van der Waals surface area contributed by atoms with Crippen LogP contribution in [0.15, 0.2) is 34.9 Å². The highest BCUT2D eigenvalue weighted by molar-refractivity contribution is 9.10. The third-order valence-electron chi connectivity index (χ3n) is 2.99. The quantitative estimate of drug-likeness (QED) is 0.906. The van der Waals surface area contributed by atoms with Crippen LogP contribution in [-0.2, 0) is 13.0 Å². The number of halogens is 1. The summed E-state index contributed by atoms with van der Waals surface area (Å²) in [5, 5.41) is 4.72. The fourth-order valence-corrected chi connectivity index (χ4v) is 3.22. The van der Waals surface area contributed by atoms with Crippen molar-refractivity contribution in [3.05, 3.63) is 50.4 Å². The molecule has 2 aromatic rings. The maximum Gasteiger partial charge on any atom is 0.0972 e. The Balaban J connectivity index is 1.61. The average molecular weight is 323 g/mol. The highest BCUT2D eigenvalue weighted by Gasteiger charge is 2.20. The minimum absolute atomic E-state index is 0.764. The largest absolute Gasteiger partial charge is 0.309 e. The van der Waals surface area contributed by atoms with Crippen molar-refractivity contribution in [1.82, 2.24) is 10.3 Å². The summed E-state index contributed by atoms with van der Waals surface area (Å²) in [6, 6.07) is 9.19. The normalized spacial score (nSPS) is 14.9. The predicted octanol–water partition coefficient (Wildman–Crippen LogP) is 3.75. The van der Waals surface area contributed by atoms with Crippen molar-refractivity contribution in [2.75, 3.05) is 0 Å². The summed E-state index contributed by atoms with van der Waals surface area (Å²) in [4.78, 5) is 5.84. The van der Waals surface area contributed by atoms with E-state index in [1.807, 2.05) is 17.5 Å². The fraction of sp³-hybridized carbons (Fsp3) is 0.357. The Kier molecular flexibility index (Phi) is 3.77. The Bertz CT molecular complexity index is 534. The second kappa shape index (κ2) is 5.51. The number of nitrogens with one attached hydrogen (secondary N) is 1. The summed E-state index contributed by atoms with van der Waals surface area (Å²) in [5.41, 5.74) is 1.31. The molecule has 0 radical (unpaired) electrons. The van der Waals surface area contributed by atoms with E-state index in [1.165, 1.54) is 28.3 Å². The Hall–Kier alpha value is -0.710. The van der Waals surface area contributed by atoms with Crippen LogP contribution in [0.3, 0.4) is 0 Å². The van der Waals surface area contributed by atoms with E-state index in [2.05, 4.69) is 50.5 Å². The standard InChI is InChI=1S/C14H15BrN2S/c15-11-3-1-2-10(6-11)7-14-17-9-13(18-14)8-16-12-4-5-12/h1-3,6,9,12,16H,4-5,7-8H2. The zero-order chi connectivity index (χ0) is 12.4. The summed E-state index contributed by atoms with van der Waals surface area (Å²) in [6.07, 6.45) is 5.61. The minimum atomic E-state index is 0.764. The first-order valence-corrected chi connectivity index (χ1v) is 7.82. The van der Waals surface area contributed by atoms with E-state index >= 15 is 0 Å². The lowest BCUT2D eigenvalue weighted by atomic mass is 10.2. The van der Waals surface area contributed by atoms with Crippen LogP contribution in [0.5, 0.6) is 0 Å². The molecule has 0 atom stereocenters. The lowest BCUT2D eigenvalue weighted by molar-refractivity contribution is 0.694. The van der Waals surface area contributed by atoms with E-state index < -0.39 is 0 Å². The van der Waals surface area contributed by atoms with Crippen molar-refractivity contribution in [2.45, 2.75) is 31.8 Å². The van der Waals surface area contributed by atoms with Gasteiger partial charge in [-0.25, -0.2) is 4.98 Å². The van der Waals surface area contributed by atoms with Gasteiger partial charge >= 0.3 is 0 Å².